The van der Waals surface area contributed by atoms with Crippen molar-refractivity contribution in [1.29, 1.82) is 0 Å². The molecule has 1 aliphatic carbocycles. The smallest absolute Gasteiger partial charge is 0.0625 e. The van der Waals surface area contributed by atoms with Crippen molar-refractivity contribution in [1.82, 2.24) is 9.80 Å². The summed E-state index contributed by atoms with van der Waals surface area (Å²) in [6.45, 7) is 4.22. The topological polar surface area (TPSA) is 6.48 Å². The molecule has 0 aromatic carbocycles. The molecule has 3 heterocycles. The lowest BCUT2D eigenvalue weighted by atomic mass is 9.70. The first-order valence-corrected chi connectivity index (χ1v) is 7.93. The molecule has 4 rings (SSSR count). The van der Waals surface area contributed by atoms with Crippen molar-refractivity contribution < 1.29 is 0 Å². The van der Waals surface area contributed by atoms with E-state index in [9.17, 15) is 0 Å². The van der Waals surface area contributed by atoms with Crippen LogP contribution in [0.15, 0.2) is 0 Å². The van der Waals surface area contributed by atoms with Gasteiger partial charge in [0.2, 0.25) is 0 Å². The molecule has 0 aromatic rings. The zero-order valence-electron chi connectivity index (χ0n) is 11.0. The van der Waals surface area contributed by atoms with Crippen LogP contribution in [-0.4, -0.2) is 41.6 Å². The predicted octanol–water partition coefficient (Wildman–Crippen LogP) is 2.69. The number of rotatable bonds is 0. The van der Waals surface area contributed by atoms with E-state index in [-0.39, 0.29) is 0 Å². The van der Waals surface area contributed by atoms with Gasteiger partial charge in [0.1, 0.15) is 0 Å². The van der Waals surface area contributed by atoms with Gasteiger partial charge in [-0.25, -0.2) is 0 Å². The second kappa shape index (κ2) is 4.24. The molecule has 1 saturated carbocycles. The zero-order chi connectivity index (χ0) is 11.2. The average molecular weight is 234 g/mol. The molecule has 0 N–H and O–H groups in total. The Bertz CT molecular complexity index is 289. The van der Waals surface area contributed by atoms with Crippen LogP contribution < -0.4 is 0 Å². The lowest BCUT2D eigenvalue weighted by Crippen LogP contribution is -2.67. The Balaban J connectivity index is 1.63. The molecule has 0 amide bonds. The van der Waals surface area contributed by atoms with Gasteiger partial charge in [-0.15, -0.1) is 0 Å². The number of piperidine rings is 2. The van der Waals surface area contributed by atoms with E-state index in [1.54, 1.807) is 0 Å². The first kappa shape index (κ1) is 10.8. The van der Waals surface area contributed by atoms with E-state index in [1.165, 1.54) is 71.0 Å². The summed E-state index contributed by atoms with van der Waals surface area (Å²) in [5.74, 6) is 2.08. The fourth-order valence-electron chi connectivity index (χ4n) is 5.32. The highest BCUT2D eigenvalue weighted by atomic mass is 15.4. The molecule has 0 aromatic heterocycles. The van der Waals surface area contributed by atoms with Gasteiger partial charge in [0, 0.05) is 12.6 Å². The van der Waals surface area contributed by atoms with Crippen LogP contribution in [0.25, 0.3) is 0 Å². The summed E-state index contributed by atoms with van der Waals surface area (Å²) in [6, 6.07) is 0.983. The van der Waals surface area contributed by atoms with Gasteiger partial charge in [0.25, 0.3) is 0 Å². The van der Waals surface area contributed by atoms with Crippen molar-refractivity contribution in [3.05, 3.63) is 0 Å². The summed E-state index contributed by atoms with van der Waals surface area (Å²) >= 11 is 0. The third-order valence-electron chi connectivity index (χ3n) is 5.92. The molecule has 2 nitrogen and oxygen atoms in total. The summed E-state index contributed by atoms with van der Waals surface area (Å²) in [5, 5.41) is 0. The van der Waals surface area contributed by atoms with Crippen LogP contribution in [0, 0.1) is 11.8 Å². The first-order chi connectivity index (χ1) is 8.43. The van der Waals surface area contributed by atoms with Crippen LogP contribution in [0.3, 0.4) is 0 Å². The van der Waals surface area contributed by atoms with E-state index in [1.807, 2.05) is 0 Å². The highest BCUT2D eigenvalue weighted by Crippen LogP contribution is 2.44. The van der Waals surface area contributed by atoms with Crippen LogP contribution in [0.4, 0.5) is 0 Å². The van der Waals surface area contributed by atoms with Crippen molar-refractivity contribution in [2.75, 3.05) is 19.6 Å². The van der Waals surface area contributed by atoms with Gasteiger partial charge in [-0.1, -0.05) is 6.42 Å². The molecule has 4 aliphatic rings. The quantitative estimate of drug-likeness (QED) is 0.636. The molecule has 0 spiro atoms. The average Bonchev–Trinajstić information content (AvgIpc) is 2.39. The number of hydrogen-bond acceptors (Lipinski definition) is 2. The van der Waals surface area contributed by atoms with Gasteiger partial charge in [-0.2, -0.15) is 0 Å². The van der Waals surface area contributed by atoms with Gasteiger partial charge in [0.15, 0.2) is 0 Å². The van der Waals surface area contributed by atoms with E-state index in [0.29, 0.717) is 0 Å². The zero-order valence-corrected chi connectivity index (χ0v) is 11.0. The van der Waals surface area contributed by atoms with E-state index >= 15 is 0 Å². The van der Waals surface area contributed by atoms with Crippen molar-refractivity contribution in [2.24, 2.45) is 11.8 Å². The lowest BCUT2D eigenvalue weighted by molar-refractivity contribution is -0.128. The minimum absolute atomic E-state index is 0.839. The Kier molecular flexibility index (Phi) is 2.69. The minimum Gasteiger partial charge on any atom is -0.288 e. The molecular weight excluding hydrogens is 208 g/mol. The molecule has 0 bridgehead atoms. The Hall–Kier alpha value is -0.0800. The second-order valence-corrected chi connectivity index (χ2v) is 6.79. The molecule has 96 valence electrons. The SMILES string of the molecule is C1C[C@H]2CCCN3[C@@H]2[C@H](C1)CN1CCCC[C@H]13. The Morgan fingerprint density at radius 1 is 0.706 bits per heavy atom. The van der Waals surface area contributed by atoms with Crippen LogP contribution in [0.1, 0.15) is 51.4 Å². The summed E-state index contributed by atoms with van der Waals surface area (Å²) in [4.78, 5) is 5.78. The summed E-state index contributed by atoms with van der Waals surface area (Å²) in [7, 11) is 0. The molecule has 2 heteroatoms. The van der Waals surface area contributed by atoms with E-state index in [4.69, 9.17) is 0 Å². The van der Waals surface area contributed by atoms with Crippen molar-refractivity contribution >= 4 is 0 Å². The number of hydrogen-bond donors (Lipinski definition) is 0. The standard InChI is InChI=1S/C15H26N2/c1-2-9-16-11-13-6-3-5-12-7-4-10-17(15(12)13)14(16)8-1/h12-15H,1-11H2/t12-,13+,14+,15-/m0/s1. The Morgan fingerprint density at radius 2 is 1.59 bits per heavy atom. The van der Waals surface area contributed by atoms with Gasteiger partial charge >= 0.3 is 0 Å². The highest BCUT2D eigenvalue weighted by molar-refractivity contribution is 5.00. The summed E-state index contributed by atoms with van der Waals surface area (Å²) in [6.07, 6.45) is 12.8. The summed E-state index contributed by atoms with van der Waals surface area (Å²) < 4.78 is 0. The molecule has 0 unspecified atom stereocenters. The predicted molar refractivity (Wildman–Crippen MR) is 69.8 cm³/mol. The van der Waals surface area contributed by atoms with Crippen LogP contribution in [-0.2, 0) is 0 Å². The Labute approximate surface area is 105 Å². The fraction of sp³-hybridized carbons (Fsp3) is 1.00. The third-order valence-corrected chi connectivity index (χ3v) is 5.92. The van der Waals surface area contributed by atoms with Crippen LogP contribution in [0.2, 0.25) is 0 Å². The fourth-order valence-corrected chi connectivity index (χ4v) is 5.32. The maximum absolute atomic E-state index is 2.95. The van der Waals surface area contributed by atoms with Gasteiger partial charge in [0.05, 0.1) is 6.17 Å². The maximum Gasteiger partial charge on any atom is 0.0625 e. The lowest BCUT2D eigenvalue weighted by Gasteiger charge is -2.59. The normalized spacial score (nSPS) is 47.3. The van der Waals surface area contributed by atoms with E-state index in [0.717, 1.165) is 24.0 Å². The first-order valence-electron chi connectivity index (χ1n) is 7.93. The van der Waals surface area contributed by atoms with Gasteiger partial charge in [-0.05, 0) is 69.9 Å². The van der Waals surface area contributed by atoms with E-state index in [2.05, 4.69) is 9.80 Å². The second-order valence-electron chi connectivity index (χ2n) is 6.79. The van der Waals surface area contributed by atoms with Crippen molar-refractivity contribution in [3.8, 4) is 0 Å². The molecule has 4 atom stereocenters. The van der Waals surface area contributed by atoms with Gasteiger partial charge < -0.3 is 0 Å². The third kappa shape index (κ3) is 1.67. The van der Waals surface area contributed by atoms with Crippen molar-refractivity contribution in [3.63, 3.8) is 0 Å². The molecular formula is C15H26N2. The van der Waals surface area contributed by atoms with Crippen molar-refractivity contribution in [2.45, 2.75) is 63.6 Å². The molecule has 4 fully saturated rings. The molecule has 0 radical (unpaired) electrons. The number of nitrogens with zero attached hydrogens (tertiary/aromatic N) is 2. The summed E-state index contributed by atoms with van der Waals surface area (Å²) in [5.41, 5.74) is 0. The Morgan fingerprint density at radius 3 is 2.59 bits per heavy atom. The van der Waals surface area contributed by atoms with Gasteiger partial charge in [-0.3, -0.25) is 9.80 Å². The highest BCUT2D eigenvalue weighted by Gasteiger charge is 2.47. The molecule has 3 aliphatic heterocycles. The number of fused-ring (bicyclic) bond motifs is 2. The molecule has 17 heavy (non-hydrogen) atoms. The maximum atomic E-state index is 2.95. The van der Waals surface area contributed by atoms with Crippen LogP contribution >= 0.6 is 0 Å². The monoisotopic (exact) mass is 234 g/mol. The van der Waals surface area contributed by atoms with Crippen LogP contribution in [0.5, 0.6) is 0 Å². The molecule has 3 saturated heterocycles. The van der Waals surface area contributed by atoms with E-state index < -0.39 is 0 Å². The largest absolute Gasteiger partial charge is 0.288 e. The minimum atomic E-state index is 0.839.